The van der Waals surface area contributed by atoms with Crippen LogP contribution in [0.5, 0.6) is 0 Å². The number of rotatable bonds is 3. The van der Waals surface area contributed by atoms with E-state index >= 15 is 0 Å². The van der Waals surface area contributed by atoms with Crippen molar-refractivity contribution in [3.63, 3.8) is 0 Å². The molecular weight excluding hydrogens is 278 g/mol. The average molecular weight is 294 g/mol. The van der Waals surface area contributed by atoms with Crippen LogP contribution >= 0.6 is 11.6 Å². The third kappa shape index (κ3) is 3.84. The number of aldehydes is 1. The molecule has 5 heteroatoms. The van der Waals surface area contributed by atoms with Crippen molar-refractivity contribution in [1.29, 1.82) is 0 Å². The molecule has 4 nitrogen and oxygen atoms in total. The van der Waals surface area contributed by atoms with Crippen LogP contribution in [0.3, 0.4) is 0 Å². The monoisotopic (exact) mass is 293 g/mol. The minimum absolute atomic E-state index is 0.218. The van der Waals surface area contributed by atoms with Gasteiger partial charge in [0.05, 0.1) is 6.54 Å². The van der Waals surface area contributed by atoms with Crippen LogP contribution in [-0.4, -0.2) is 30.4 Å². The van der Waals surface area contributed by atoms with Crippen molar-refractivity contribution in [2.75, 3.05) is 13.1 Å². The van der Waals surface area contributed by atoms with E-state index in [4.69, 9.17) is 16.3 Å². The molecule has 1 aliphatic heterocycles. The Bertz CT molecular complexity index is 513. The highest BCUT2D eigenvalue weighted by Crippen LogP contribution is 2.20. The van der Waals surface area contributed by atoms with Gasteiger partial charge in [-0.15, -0.1) is 0 Å². The summed E-state index contributed by atoms with van der Waals surface area (Å²) in [5.41, 5.74) is 1.39. The van der Waals surface area contributed by atoms with Crippen molar-refractivity contribution in [2.45, 2.75) is 19.4 Å². The Morgan fingerprint density at radius 3 is 2.80 bits per heavy atom. The Labute approximate surface area is 123 Å². The first kappa shape index (κ1) is 14.6. The molecule has 0 N–H and O–H groups in total. The van der Waals surface area contributed by atoms with Crippen molar-refractivity contribution < 1.29 is 14.3 Å². The maximum absolute atomic E-state index is 12.0. The van der Waals surface area contributed by atoms with Crippen LogP contribution in [0, 0.1) is 0 Å². The molecule has 0 bridgehead atoms. The van der Waals surface area contributed by atoms with Crippen LogP contribution in [0.15, 0.2) is 40.9 Å². The van der Waals surface area contributed by atoms with Crippen molar-refractivity contribution in [2.24, 2.45) is 0 Å². The minimum atomic E-state index is -0.417. The summed E-state index contributed by atoms with van der Waals surface area (Å²) in [6.07, 6.45) is 1.65. The highest BCUT2D eigenvalue weighted by Gasteiger charge is 2.21. The van der Waals surface area contributed by atoms with Gasteiger partial charge in [-0.3, -0.25) is 4.79 Å². The summed E-state index contributed by atoms with van der Waals surface area (Å²) in [5.74, 6) is 0. The smallest absolute Gasteiger partial charge is 0.410 e. The second-order valence-electron chi connectivity index (χ2n) is 4.61. The lowest BCUT2D eigenvalue weighted by atomic mass is 10.2. The van der Waals surface area contributed by atoms with Gasteiger partial charge in [-0.1, -0.05) is 41.9 Å². The molecule has 2 rings (SSSR count). The van der Waals surface area contributed by atoms with Crippen molar-refractivity contribution in [3.8, 4) is 0 Å². The predicted octanol–water partition coefficient (Wildman–Crippen LogP) is 3.11. The molecule has 0 radical (unpaired) electrons. The van der Waals surface area contributed by atoms with Gasteiger partial charge in [-0.2, -0.15) is 0 Å². The molecule has 0 saturated heterocycles. The van der Waals surface area contributed by atoms with Crippen molar-refractivity contribution in [1.82, 2.24) is 4.90 Å². The summed E-state index contributed by atoms with van der Waals surface area (Å²) in [4.78, 5) is 24.5. The fourth-order valence-corrected chi connectivity index (χ4v) is 2.26. The number of carbonyl (C=O) groups excluding carboxylic acids is 2. The quantitative estimate of drug-likeness (QED) is 0.805. The zero-order valence-electron chi connectivity index (χ0n) is 11.0. The normalized spacial score (nSPS) is 15.8. The second kappa shape index (κ2) is 7.10. The van der Waals surface area contributed by atoms with Gasteiger partial charge in [0.15, 0.2) is 0 Å². The number of amides is 1. The van der Waals surface area contributed by atoms with E-state index in [1.54, 1.807) is 0 Å². The molecule has 0 atom stereocenters. The van der Waals surface area contributed by atoms with Crippen LogP contribution in [0.2, 0.25) is 0 Å². The summed E-state index contributed by atoms with van der Waals surface area (Å²) < 4.78 is 5.26. The van der Waals surface area contributed by atoms with Gasteiger partial charge in [0.1, 0.15) is 12.9 Å². The summed E-state index contributed by atoms with van der Waals surface area (Å²) >= 11 is 6.00. The van der Waals surface area contributed by atoms with Crippen LogP contribution in [0.4, 0.5) is 4.79 Å². The van der Waals surface area contributed by atoms with Gasteiger partial charge in [0.25, 0.3) is 0 Å². The van der Waals surface area contributed by atoms with Crippen molar-refractivity contribution >= 4 is 24.0 Å². The summed E-state index contributed by atoms with van der Waals surface area (Å²) in [6.45, 7) is 0.987. The number of ether oxygens (including phenoxy) is 1. The number of benzene rings is 1. The Hall–Kier alpha value is -1.81. The number of carbonyl (C=O) groups is 2. The largest absolute Gasteiger partial charge is 0.445 e. The topological polar surface area (TPSA) is 46.6 Å². The van der Waals surface area contributed by atoms with E-state index in [0.717, 1.165) is 12.0 Å². The van der Waals surface area contributed by atoms with E-state index in [1.165, 1.54) is 4.90 Å². The second-order valence-corrected chi connectivity index (χ2v) is 5.07. The van der Waals surface area contributed by atoms with E-state index < -0.39 is 6.09 Å². The Balaban J connectivity index is 1.94. The Morgan fingerprint density at radius 2 is 2.10 bits per heavy atom. The van der Waals surface area contributed by atoms with Gasteiger partial charge in [-0.25, -0.2) is 4.79 Å². The lowest BCUT2D eigenvalue weighted by molar-refractivity contribution is -0.105. The summed E-state index contributed by atoms with van der Waals surface area (Å²) in [7, 11) is 0. The standard InChI is InChI=1S/C15H16ClNO3/c16-14-7-4-8-17(9-13(14)10-18)15(19)20-11-12-5-2-1-3-6-12/h1-3,5-6,10H,4,7-9,11H2. The third-order valence-corrected chi connectivity index (χ3v) is 3.57. The van der Waals surface area contributed by atoms with Crippen LogP contribution in [-0.2, 0) is 16.1 Å². The lowest BCUT2D eigenvalue weighted by Gasteiger charge is -2.20. The molecule has 20 heavy (non-hydrogen) atoms. The SMILES string of the molecule is O=CC1=C(Cl)CCCN(C(=O)OCc2ccccc2)C1. The molecular formula is C15H16ClNO3. The molecule has 1 aliphatic rings. The Morgan fingerprint density at radius 1 is 1.35 bits per heavy atom. The molecule has 0 fully saturated rings. The highest BCUT2D eigenvalue weighted by molar-refractivity contribution is 6.31. The zero-order valence-corrected chi connectivity index (χ0v) is 11.8. The minimum Gasteiger partial charge on any atom is -0.445 e. The maximum atomic E-state index is 12.0. The molecule has 0 unspecified atom stereocenters. The molecule has 0 saturated carbocycles. The van der Waals surface area contributed by atoms with E-state index in [0.29, 0.717) is 29.9 Å². The molecule has 1 aromatic rings. The fourth-order valence-electron chi connectivity index (χ4n) is 2.02. The van der Waals surface area contributed by atoms with Gasteiger partial charge in [0, 0.05) is 17.2 Å². The first-order chi connectivity index (χ1) is 9.70. The number of hydrogen-bond acceptors (Lipinski definition) is 3. The molecule has 106 valence electrons. The van der Waals surface area contributed by atoms with Gasteiger partial charge < -0.3 is 9.64 Å². The van der Waals surface area contributed by atoms with Crippen LogP contribution < -0.4 is 0 Å². The summed E-state index contributed by atoms with van der Waals surface area (Å²) in [5, 5.41) is 0.540. The maximum Gasteiger partial charge on any atom is 0.410 e. The third-order valence-electron chi connectivity index (χ3n) is 3.14. The lowest BCUT2D eigenvalue weighted by Crippen LogP contribution is -2.33. The Kier molecular flexibility index (Phi) is 5.18. The number of hydrogen-bond donors (Lipinski definition) is 0. The van der Waals surface area contributed by atoms with Gasteiger partial charge in [0.2, 0.25) is 0 Å². The molecule has 1 aromatic carbocycles. The number of allylic oxidation sites excluding steroid dienone is 1. The first-order valence-corrected chi connectivity index (χ1v) is 6.87. The molecule has 0 aliphatic carbocycles. The summed E-state index contributed by atoms with van der Waals surface area (Å²) in [6, 6.07) is 9.47. The predicted molar refractivity (Wildman–Crippen MR) is 76.4 cm³/mol. The molecule has 1 amide bonds. The van der Waals surface area contributed by atoms with Crippen LogP contribution in [0.25, 0.3) is 0 Å². The number of nitrogens with zero attached hydrogens (tertiary/aromatic N) is 1. The molecule has 0 spiro atoms. The van der Waals surface area contributed by atoms with E-state index in [1.807, 2.05) is 30.3 Å². The van der Waals surface area contributed by atoms with Gasteiger partial charge in [-0.05, 0) is 18.4 Å². The molecule has 0 aromatic heterocycles. The number of halogens is 1. The first-order valence-electron chi connectivity index (χ1n) is 6.49. The average Bonchev–Trinajstić information content (AvgIpc) is 2.67. The van der Waals surface area contributed by atoms with Crippen LogP contribution in [0.1, 0.15) is 18.4 Å². The van der Waals surface area contributed by atoms with E-state index in [2.05, 4.69) is 0 Å². The fraction of sp³-hybridized carbons (Fsp3) is 0.333. The van der Waals surface area contributed by atoms with E-state index in [9.17, 15) is 9.59 Å². The van der Waals surface area contributed by atoms with Crippen molar-refractivity contribution in [3.05, 3.63) is 46.5 Å². The van der Waals surface area contributed by atoms with E-state index in [-0.39, 0.29) is 13.2 Å². The zero-order chi connectivity index (χ0) is 14.4. The highest BCUT2D eigenvalue weighted by atomic mass is 35.5. The van der Waals surface area contributed by atoms with Gasteiger partial charge >= 0.3 is 6.09 Å². The molecule has 1 heterocycles.